The second-order valence-electron chi connectivity index (χ2n) is 4.74. The summed E-state index contributed by atoms with van der Waals surface area (Å²) in [4.78, 5) is 12.6. The quantitative estimate of drug-likeness (QED) is 0.594. The molecule has 0 aliphatic rings. The van der Waals surface area contributed by atoms with Crippen LogP contribution in [0.5, 0.6) is 0 Å². The lowest BCUT2D eigenvalue weighted by Crippen LogP contribution is -2.08. The Morgan fingerprint density at radius 2 is 2.24 bits per heavy atom. The van der Waals surface area contributed by atoms with Crippen LogP contribution < -0.4 is 5.73 Å². The molecule has 0 bridgehead atoms. The van der Waals surface area contributed by atoms with E-state index in [1.165, 1.54) is 11.3 Å². The Morgan fingerprint density at radius 1 is 1.38 bits per heavy atom. The zero-order chi connectivity index (χ0) is 14.8. The van der Waals surface area contributed by atoms with Gasteiger partial charge in [-0.15, -0.1) is 11.3 Å². The van der Waals surface area contributed by atoms with Crippen LogP contribution in [0.3, 0.4) is 0 Å². The average Bonchev–Trinajstić information content (AvgIpc) is 3.05. The molecule has 0 saturated carbocycles. The number of aromatic nitrogens is 2. The Morgan fingerprint density at radius 3 is 3.00 bits per heavy atom. The van der Waals surface area contributed by atoms with Crippen LogP contribution in [0.15, 0.2) is 36.5 Å². The third-order valence-electron chi connectivity index (χ3n) is 3.26. The van der Waals surface area contributed by atoms with Crippen molar-refractivity contribution >= 4 is 33.1 Å². The highest BCUT2D eigenvalue weighted by molar-refractivity contribution is 7.20. The van der Waals surface area contributed by atoms with Gasteiger partial charge in [-0.2, -0.15) is 5.10 Å². The Hall–Kier alpha value is -2.34. The first kappa shape index (κ1) is 13.6. The van der Waals surface area contributed by atoms with E-state index in [9.17, 15) is 4.79 Å². The molecule has 0 unspecified atom stereocenters. The number of benzene rings is 1. The predicted molar refractivity (Wildman–Crippen MR) is 83.4 cm³/mol. The molecular formula is C15H15N3O2S. The van der Waals surface area contributed by atoms with Crippen LogP contribution in [0.1, 0.15) is 15.4 Å². The maximum atomic E-state index is 12.0. The minimum atomic E-state index is -0.295. The van der Waals surface area contributed by atoms with Gasteiger partial charge in [0.2, 0.25) is 0 Å². The fraction of sp³-hybridized carbons (Fsp3) is 0.200. The number of ether oxygens (including phenoxy) is 1. The van der Waals surface area contributed by atoms with Crippen molar-refractivity contribution in [1.82, 2.24) is 9.78 Å². The second-order valence-corrected chi connectivity index (χ2v) is 5.82. The van der Waals surface area contributed by atoms with Crippen LogP contribution in [0.4, 0.5) is 5.69 Å². The zero-order valence-electron chi connectivity index (χ0n) is 11.6. The van der Waals surface area contributed by atoms with Crippen LogP contribution >= 0.6 is 11.3 Å². The molecule has 3 aromatic rings. The van der Waals surface area contributed by atoms with Crippen molar-refractivity contribution in [2.24, 2.45) is 7.05 Å². The summed E-state index contributed by atoms with van der Waals surface area (Å²) in [5.74, 6) is -0.295. The molecule has 0 spiro atoms. The topological polar surface area (TPSA) is 70.1 Å². The molecule has 2 N–H and O–H groups in total. The summed E-state index contributed by atoms with van der Waals surface area (Å²) in [6, 6.07) is 9.34. The van der Waals surface area contributed by atoms with Gasteiger partial charge in [0.1, 0.15) is 4.88 Å². The number of rotatable bonds is 4. The van der Waals surface area contributed by atoms with Gasteiger partial charge in [-0.05, 0) is 35.7 Å². The van der Waals surface area contributed by atoms with Crippen LogP contribution in [-0.4, -0.2) is 22.4 Å². The lowest BCUT2D eigenvalue weighted by molar-refractivity contribution is 0.0513. The fourth-order valence-electron chi connectivity index (χ4n) is 2.13. The minimum Gasteiger partial charge on any atom is -0.461 e. The molecule has 0 atom stereocenters. The molecule has 0 aliphatic carbocycles. The highest BCUT2D eigenvalue weighted by Gasteiger charge is 2.12. The summed E-state index contributed by atoms with van der Waals surface area (Å²) in [7, 11) is 1.87. The van der Waals surface area contributed by atoms with E-state index in [4.69, 9.17) is 10.5 Å². The SMILES string of the molecule is Cn1nccc1CCOC(=O)c1cc2cc(N)ccc2s1. The molecule has 2 heterocycles. The Bertz CT molecular complexity index is 791. The molecule has 1 aromatic carbocycles. The first-order valence-electron chi connectivity index (χ1n) is 6.56. The number of carbonyl (C=O) groups excluding carboxylic acids is 1. The van der Waals surface area contributed by atoms with Crippen molar-refractivity contribution < 1.29 is 9.53 Å². The van der Waals surface area contributed by atoms with Gasteiger partial charge in [0.25, 0.3) is 0 Å². The number of esters is 1. The summed E-state index contributed by atoms with van der Waals surface area (Å²) in [5, 5.41) is 5.05. The first-order valence-corrected chi connectivity index (χ1v) is 7.38. The molecule has 108 valence electrons. The molecular weight excluding hydrogens is 286 g/mol. The van der Waals surface area contributed by atoms with Gasteiger partial charge in [0, 0.05) is 35.7 Å². The largest absolute Gasteiger partial charge is 0.461 e. The average molecular weight is 301 g/mol. The lowest BCUT2D eigenvalue weighted by atomic mass is 10.2. The van der Waals surface area contributed by atoms with Crippen LogP contribution in [-0.2, 0) is 18.2 Å². The van der Waals surface area contributed by atoms with E-state index in [1.54, 1.807) is 10.9 Å². The predicted octanol–water partition coefficient (Wildman–Crippen LogP) is 2.62. The van der Waals surface area contributed by atoms with Crippen LogP contribution in [0.2, 0.25) is 0 Å². The lowest BCUT2D eigenvalue weighted by Gasteiger charge is -2.03. The molecule has 0 radical (unpaired) electrons. The second kappa shape index (κ2) is 5.57. The molecule has 21 heavy (non-hydrogen) atoms. The van der Waals surface area contributed by atoms with Gasteiger partial charge in [-0.1, -0.05) is 0 Å². The summed E-state index contributed by atoms with van der Waals surface area (Å²) < 4.78 is 8.12. The van der Waals surface area contributed by atoms with E-state index in [2.05, 4.69) is 5.10 Å². The van der Waals surface area contributed by atoms with Gasteiger partial charge in [0.05, 0.1) is 6.61 Å². The number of fused-ring (bicyclic) bond motifs is 1. The third-order valence-corrected chi connectivity index (χ3v) is 4.35. The fourth-order valence-corrected chi connectivity index (χ4v) is 3.07. The third kappa shape index (κ3) is 2.90. The normalized spacial score (nSPS) is 10.9. The molecule has 0 amide bonds. The van der Waals surface area contributed by atoms with E-state index in [0.29, 0.717) is 23.6 Å². The number of hydrogen-bond acceptors (Lipinski definition) is 5. The van der Waals surface area contributed by atoms with Crippen molar-refractivity contribution in [2.45, 2.75) is 6.42 Å². The molecule has 3 rings (SSSR count). The van der Waals surface area contributed by atoms with E-state index < -0.39 is 0 Å². The van der Waals surface area contributed by atoms with Crippen molar-refractivity contribution in [3.8, 4) is 0 Å². The van der Waals surface area contributed by atoms with Crippen molar-refractivity contribution in [2.75, 3.05) is 12.3 Å². The smallest absolute Gasteiger partial charge is 0.348 e. The maximum absolute atomic E-state index is 12.0. The van der Waals surface area contributed by atoms with Gasteiger partial charge >= 0.3 is 5.97 Å². The van der Waals surface area contributed by atoms with Crippen LogP contribution in [0, 0.1) is 0 Å². The summed E-state index contributed by atoms with van der Waals surface area (Å²) >= 11 is 1.42. The van der Waals surface area contributed by atoms with E-state index >= 15 is 0 Å². The molecule has 5 nitrogen and oxygen atoms in total. The highest BCUT2D eigenvalue weighted by Crippen LogP contribution is 2.27. The van der Waals surface area contributed by atoms with Crippen molar-refractivity contribution in [1.29, 1.82) is 0 Å². The number of carbonyl (C=O) groups is 1. The van der Waals surface area contributed by atoms with Gasteiger partial charge in [0.15, 0.2) is 0 Å². The highest BCUT2D eigenvalue weighted by atomic mass is 32.1. The Labute approximate surface area is 125 Å². The molecule has 2 aromatic heterocycles. The maximum Gasteiger partial charge on any atom is 0.348 e. The Kier molecular flexibility index (Phi) is 3.62. The van der Waals surface area contributed by atoms with Crippen molar-refractivity contribution in [3.63, 3.8) is 0 Å². The molecule has 0 fully saturated rings. The van der Waals surface area contributed by atoms with E-state index in [0.717, 1.165) is 15.8 Å². The van der Waals surface area contributed by atoms with Gasteiger partial charge < -0.3 is 10.5 Å². The molecule has 0 aliphatic heterocycles. The summed E-state index contributed by atoms with van der Waals surface area (Å²) in [6.07, 6.45) is 2.38. The van der Waals surface area contributed by atoms with Crippen molar-refractivity contribution in [3.05, 3.63) is 47.1 Å². The first-order chi connectivity index (χ1) is 10.1. The van der Waals surface area contributed by atoms with Gasteiger partial charge in [-0.25, -0.2) is 4.79 Å². The number of thiophene rings is 1. The Balaban J connectivity index is 1.65. The van der Waals surface area contributed by atoms with Gasteiger partial charge in [-0.3, -0.25) is 4.68 Å². The zero-order valence-corrected chi connectivity index (χ0v) is 12.4. The number of hydrogen-bond donors (Lipinski definition) is 1. The number of anilines is 1. The molecule has 6 heteroatoms. The number of nitrogens with two attached hydrogens (primary N) is 1. The number of nitrogens with zero attached hydrogens (tertiary/aromatic N) is 2. The number of nitrogen functional groups attached to an aromatic ring is 1. The van der Waals surface area contributed by atoms with E-state index in [1.807, 2.05) is 37.4 Å². The van der Waals surface area contributed by atoms with Crippen LogP contribution in [0.25, 0.3) is 10.1 Å². The summed E-state index contributed by atoms with van der Waals surface area (Å²) in [6.45, 7) is 0.342. The summed E-state index contributed by atoms with van der Waals surface area (Å²) in [5.41, 5.74) is 7.46. The standard InChI is InChI=1S/C15H15N3O2S/c1-18-12(4-6-17-18)5-7-20-15(19)14-9-10-8-11(16)2-3-13(10)21-14/h2-4,6,8-9H,5,7,16H2,1H3. The van der Waals surface area contributed by atoms with E-state index in [-0.39, 0.29) is 5.97 Å². The monoisotopic (exact) mass is 301 g/mol. The molecule has 0 saturated heterocycles. The number of aryl methyl sites for hydroxylation is 1. The minimum absolute atomic E-state index is 0.295.